The van der Waals surface area contributed by atoms with Crippen molar-refractivity contribution in [1.29, 1.82) is 0 Å². The van der Waals surface area contributed by atoms with E-state index in [0.717, 1.165) is 16.9 Å². The van der Waals surface area contributed by atoms with Crippen LogP contribution < -0.4 is 14.8 Å². The highest BCUT2D eigenvalue weighted by Crippen LogP contribution is 2.36. The van der Waals surface area contributed by atoms with Gasteiger partial charge in [0.1, 0.15) is 11.5 Å². The molecule has 0 unspecified atom stereocenters. The van der Waals surface area contributed by atoms with Crippen molar-refractivity contribution >= 4 is 33.6 Å². The van der Waals surface area contributed by atoms with Gasteiger partial charge in [-0.3, -0.25) is 10.1 Å². The summed E-state index contributed by atoms with van der Waals surface area (Å²) in [5.74, 6) is 1.10. The molecule has 2 aromatic rings. The number of ether oxygens (including phenoxy) is 2. The van der Waals surface area contributed by atoms with Crippen LogP contribution in [0.2, 0.25) is 5.02 Å². The summed E-state index contributed by atoms with van der Waals surface area (Å²) in [6.07, 6.45) is 0. The number of anilines is 1. The van der Waals surface area contributed by atoms with E-state index in [2.05, 4.69) is 5.32 Å². The molecule has 0 bridgehead atoms. The molecule has 0 spiro atoms. The van der Waals surface area contributed by atoms with Gasteiger partial charge in [-0.15, -0.1) is 0 Å². The fraction of sp³-hybridized carbons (Fsp3) is 0.231. The minimum atomic E-state index is -0.403. The Bertz CT molecular complexity index is 660. The molecule has 0 aliphatic carbocycles. The number of nitro groups is 1. The van der Waals surface area contributed by atoms with Gasteiger partial charge in [0.05, 0.1) is 29.9 Å². The van der Waals surface area contributed by atoms with Gasteiger partial charge in [0, 0.05) is 30.1 Å². The summed E-state index contributed by atoms with van der Waals surface area (Å²) in [5, 5.41) is 16.1. The summed E-state index contributed by atoms with van der Waals surface area (Å²) in [5.41, 5.74) is 1.52. The molecule has 0 radical (unpaired) electrons. The zero-order valence-corrected chi connectivity index (χ0v) is 13.0. The van der Waals surface area contributed by atoms with Crippen LogP contribution in [-0.2, 0) is 6.54 Å². The molecule has 1 aromatic carbocycles. The quantitative estimate of drug-likeness (QED) is 0.642. The third kappa shape index (κ3) is 3.56. The second-order valence-corrected chi connectivity index (χ2v) is 5.39. The highest BCUT2D eigenvalue weighted by molar-refractivity contribution is 7.13. The Labute approximate surface area is 130 Å². The molecule has 112 valence electrons. The van der Waals surface area contributed by atoms with E-state index in [1.807, 2.05) is 0 Å². The van der Waals surface area contributed by atoms with Crippen molar-refractivity contribution in [3.8, 4) is 11.5 Å². The number of halogens is 1. The summed E-state index contributed by atoms with van der Waals surface area (Å²) in [6.45, 7) is 0.436. The first-order chi connectivity index (χ1) is 10.0. The maximum absolute atomic E-state index is 10.7. The molecule has 1 heterocycles. The van der Waals surface area contributed by atoms with Crippen molar-refractivity contribution < 1.29 is 14.4 Å². The molecule has 0 saturated heterocycles. The van der Waals surface area contributed by atoms with Crippen LogP contribution in [0, 0.1) is 10.1 Å². The Morgan fingerprint density at radius 2 is 2.00 bits per heavy atom. The largest absolute Gasteiger partial charge is 0.495 e. The Hall–Kier alpha value is -1.99. The van der Waals surface area contributed by atoms with Crippen LogP contribution in [0.25, 0.3) is 0 Å². The summed E-state index contributed by atoms with van der Waals surface area (Å²) < 4.78 is 10.4. The van der Waals surface area contributed by atoms with E-state index in [1.165, 1.54) is 13.2 Å². The van der Waals surface area contributed by atoms with E-state index in [9.17, 15) is 10.1 Å². The van der Waals surface area contributed by atoms with Gasteiger partial charge in [0.2, 0.25) is 0 Å². The molecule has 1 aromatic heterocycles. The summed E-state index contributed by atoms with van der Waals surface area (Å²) >= 11 is 7.13. The van der Waals surface area contributed by atoms with Gasteiger partial charge in [-0.05, 0) is 5.56 Å². The van der Waals surface area contributed by atoms with Crippen molar-refractivity contribution in [3.05, 3.63) is 44.3 Å². The van der Waals surface area contributed by atoms with Crippen LogP contribution in [0.1, 0.15) is 5.56 Å². The van der Waals surface area contributed by atoms with Gasteiger partial charge in [0.25, 0.3) is 0 Å². The van der Waals surface area contributed by atoms with Crippen LogP contribution in [-0.4, -0.2) is 19.1 Å². The molecule has 1 N–H and O–H groups in total. The Balaban J connectivity index is 2.16. The number of nitrogens with one attached hydrogen (secondary N) is 1. The van der Waals surface area contributed by atoms with Crippen molar-refractivity contribution in [3.63, 3.8) is 0 Å². The maximum atomic E-state index is 10.7. The standard InChI is InChI=1S/C13H13ClN2O4S/c1-19-11-5-10(12(20-2)4-9(11)14)15-6-8-3-13(16(17)18)21-7-8/h3-5,7,15H,6H2,1-2H3. The minimum Gasteiger partial charge on any atom is -0.495 e. The smallest absolute Gasteiger partial charge is 0.324 e. The molecular formula is C13H13ClN2O4S. The molecule has 21 heavy (non-hydrogen) atoms. The number of hydrogen-bond donors (Lipinski definition) is 1. The van der Waals surface area contributed by atoms with E-state index in [0.29, 0.717) is 28.8 Å². The normalized spacial score (nSPS) is 10.2. The van der Waals surface area contributed by atoms with Crippen molar-refractivity contribution in [1.82, 2.24) is 0 Å². The highest BCUT2D eigenvalue weighted by atomic mass is 35.5. The number of thiophene rings is 1. The van der Waals surface area contributed by atoms with Crippen molar-refractivity contribution in [2.45, 2.75) is 6.54 Å². The SMILES string of the molecule is COc1cc(NCc2csc([N+](=O)[O-])c2)c(OC)cc1Cl. The predicted octanol–water partition coefficient (Wildman–Crippen LogP) is 3.94. The molecule has 2 rings (SSSR count). The lowest BCUT2D eigenvalue weighted by molar-refractivity contribution is -0.380. The first-order valence-electron chi connectivity index (χ1n) is 5.92. The summed E-state index contributed by atoms with van der Waals surface area (Å²) in [6, 6.07) is 4.91. The lowest BCUT2D eigenvalue weighted by Gasteiger charge is -2.13. The molecule has 0 aliphatic heterocycles. The van der Waals surface area contributed by atoms with Gasteiger partial charge in [0.15, 0.2) is 0 Å². The lowest BCUT2D eigenvalue weighted by Crippen LogP contribution is -2.01. The summed E-state index contributed by atoms with van der Waals surface area (Å²) in [4.78, 5) is 10.3. The Morgan fingerprint density at radius 1 is 1.29 bits per heavy atom. The zero-order chi connectivity index (χ0) is 15.4. The van der Waals surface area contributed by atoms with Crippen LogP contribution in [0.4, 0.5) is 10.7 Å². The maximum Gasteiger partial charge on any atom is 0.324 e. The molecular weight excluding hydrogens is 316 g/mol. The Morgan fingerprint density at radius 3 is 2.57 bits per heavy atom. The van der Waals surface area contributed by atoms with E-state index in [-0.39, 0.29) is 5.00 Å². The first kappa shape index (κ1) is 15.4. The van der Waals surface area contributed by atoms with Crippen LogP contribution in [0.3, 0.4) is 0 Å². The molecule has 0 aliphatic rings. The van der Waals surface area contributed by atoms with Gasteiger partial charge < -0.3 is 14.8 Å². The van der Waals surface area contributed by atoms with E-state index in [1.54, 1.807) is 24.6 Å². The van der Waals surface area contributed by atoms with Crippen LogP contribution >= 0.6 is 22.9 Å². The fourth-order valence-electron chi connectivity index (χ4n) is 1.75. The second kappa shape index (κ2) is 6.64. The molecule has 0 saturated carbocycles. The van der Waals surface area contributed by atoms with Gasteiger partial charge in [-0.1, -0.05) is 22.9 Å². The average molecular weight is 329 g/mol. The number of hydrogen-bond acceptors (Lipinski definition) is 6. The topological polar surface area (TPSA) is 73.6 Å². The molecule has 0 fully saturated rings. The number of nitrogens with zero attached hydrogens (tertiary/aromatic N) is 1. The number of rotatable bonds is 6. The van der Waals surface area contributed by atoms with Crippen LogP contribution in [0.5, 0.6) is 11.5 Å². The van der Waals surface area contributed by atoms with Gasteiger partial charge in [-0.2, -0.15) is 0 Å². The number of benzene rings is 1. The lowest BCUT2D eigenvalue weighted by atomic mass is 10.2. The third-order valence-electron chi connectivity index (χ3n) is 2.78. The minimum absolute atomic E-state index is 0.118. The van der Waals surface area contributed by atoms with Gasteiger partial charge >= 0.3 is 5.00 Å². The third-order valence-corrected chi connectivity index (χ3v) is 4.00. The Kier molecular flexibility index (Phi) is 4.87. The van der Waals surface area contributed by atoms with Crippen molar-refractivity contribution in [2.75, 3.05) is 19.5 Å². The highest BCUT2D eigenvalue weighted by Gasteiger charge is 2.12. The molecule has 6 nitrogen and oxygen atoms in total. The summed E-state index contributed by atoms with van der Waals surface area (Å²) in [7, 11) is 3.07. The predicted molar refractivity (Wildman–Crippen MR) is 82.9 cm³/mol. The molecule has 0 amide bonds. The van der Waals surface area contributed by atoms with E-state index < -0.39 is 4.92 Å². The molecule has 0 atom stereocenters. The first-order valence-corrected chi connectivity index (χ1v) is 7.18. The average Bonchev–Trinajstić information content (AvgIpc) is 2.94. The van der Waals surface area contributed by atoms with Crippen molar-refractivity contribution in [2.24, 2.45) is 0 Å². The molecule has 8 heteroatoms. The number of methoxy groups -OCH3 is 2. The van der Waals surface area contributed by atoms with E-state index in [4.69, 9.17) is 21.1 Å². The zero-order valence-electron chi connectivity index (χ0n) is 11.4. The van der Waals surface area contributed by atoms with E-state index >= 15 is 0 Å². The second-order valence-electron chi connectivity index (χ2n) is 4.09. The monoisotopic (exact) mass is 328 g/mol. The van der Waals surface area contributed by atoms with Crippen LogP contribution in [0.15, 0.2) is 23.6 Å². The fourth-order valence-corrected chi connectivity index (χ4v) is 2.71. The van der Waals surface area contributed by atoms with Gasteiger partial charge in [-0.25, -0.2) is 0 Å².